The summed E-state index contributed by atoms with van der Waals surface area (Å²) in [6, 6.07) is 3.84. The van der Waals surface area contributed by atoms with Gasteiger partial charge in [-0.25, -0.2) is 0 Å². The van der Waals surface area contributed by atoms with Crippen molar-refractivity contribution in [3.63, 3.8) is 0 Å². The lowest BCUT2D eigenvalue weighted by Crippen LogP contribution is -2.30. The minimum absolute atomic E-state index is 0.00615. The molecular formula is C15H21NO4S2. The Hall–Kier alpha value is -1.21. The zero-order valence-corrected chi connectivity index (χ0v) is 14.9. The van der Waals surface area contributed by atoms with Gasteiger partial charge in [0, 0.05) is 12.3 Å². The van der Waals surface area contributed by atoms with Crippen LogP contribution >= 0.6 is 23.5 Å². The molecule has 22 heavy (non-hydrogen) atoms. The first kappa shape index (κ1) is 17.1. The fraction of sp³-hybridized carbons (Fsp3) is 0.533. The topological polar surface area (TPSA) is 48.0 Å². The maximum absolute atomic E-state index is 12.1. The van der Waals surface area contributed by atoms with Crippen LogP contribution in [0, 0.1) is 0 Å². The van der Waals surface area contributed by atoms with Crippen LogP contribution in [0.2, 0.25) is 0 Å². The van der Waals surface area contributed by atoms with Crippen molar-refractivity contribution >= 4 is 29.4 Å². The summed E-state index contributed by atoms with van der Waals surface area (Å²) >= 11 is 3.37. The van der Waals surface area contributed by atoms with Gasteiger partial charge in [0.2, 0.25) is 11.7 Å². The molecule has 1 aromatic carbocycles. The molecule has 0 N–H and O–H groups in total. The normalized spacial score (nSPS) is 17.7. The third-order valence-corrected chi connectivity index (χ3v) is 5.32. The fourth-order valence-corrected chi connectivity index (χ4v) is 3.98. The second-order valence-electron chi connectivity index (χ2n) is 4.70. The Morgan fingerprint density at radius 3 is 2.36 bits per heavy atom. The Balaban J connectivity index is 2.36. The molecule has 0 aromatic heterocycles. The summed E-state index contributed by atoms with van der Waals surface area (Å²) in [6.45, 7) is 0.744. The van der Waals surface area contributed by atoms with Crippen LogP contribution in [0.4, 0.5) is 0 Å². The Morgan fingerprint density at radius 2 is 1.86 bits per heavy atom. The van der Waals surface area contributed by atoms with Crippen LogP contribution < -0.4 is 14.2 Å². The number of hydrogen-bond acceptors (Lipinski definition) is 6. The van der Waals surface area contributed by atoms with Crippen molar-refractivity contribution in [3.05, 3.63) is 17.7 Å². The van der Waals surface area contributed by atoms with E-state index in [1.807, 2.05) is 23.3 Å². The molecule has 7 heteroatoms. The molecule has 0 radical (unpaired) electrons. The molecule has 1 aliphatic heterocycles. The van der Waals surface area contributed by atoms with Gasteiger partial charge in [-0.15, -0.1) is 11.8 Å². The molecule has 0 saturated carbocycles. The average molecular weight is 343 g/mol. The van der Waals surface area contributed by atoms with Gasteiger partial charge in [0.25, 0.3) is 0 Å². The number of nitrogens with zero attached hydrogens (tertiary/aromatic N) is 1. The Labute approximate surface area is 139 Å². The van der Waals surface area contributed by atoms with Crippen molar-refractivity contribution in [2.75, 3.05) is 45.6 Å². The second kappa shape index (κ2) is 7.87. The van der Waals surface area contributed by atoms with E-state index in [1.165, 1.54) is 0 Å². The van der Waals surface area contributed by atoms with Gasteiger partial charge in [-0.05, 0) is 24.0 Å². The van der Waals surface area contributed by atoms with Gasteiger partial charge < -0.3 is 19.1 Å². The number of carbonyl (C=O) groups is 1. The summed E-state index contributed by atoms with van der Waals surface area (Å²) in [4.78, 5) is 14.0. The SMILES string of the molecule is COc1cc(C2SCC(=O)N2CCSC)cc(OC)c1OC. The van der Waals surface area contributed by atoms with E-state index in [0.717, 1.165) is 17.9 Å². The van der Waals surface area contributed by atoms with E-state index in [2.05, 4.69) is 0 Å². The van der Waals surface area contributed by atoms with E-state index < -0.39 is 0 Å². The molecule has 1 atom stereocenters. The monoisotopic (exact) mass is 343 g/mol. The van der Waals surface area contributed by atoms with Crippen LogP contribution in [0.25, 0.3) is 0 Å². The van der Waals surface area contributed by atoms with E-state index in [1.54, 1.807) is 44.9 Å². The lowest BCUT2D eigenvalue weighted by atomic mass is 10.1. The lowest BCUT2D eigenvalue weighted by Gasteiger charge is -2.25. The Morgan fingerprint density at radius 1 is 1.23 bits per heavy atom. The van der Waals surface area contributed by atoms with Crippen molar-refractivity contribution in [2.24, 2.45) is 0 Å². The highest BCUT2D eigenvalue weighted by molar-refractivity contribution is 8.00. The Bertz CT molecular complexity index is 513. The first-order valence-corrected chi connectivity index (χ1v) is 9.30. The van der Waals surface area contributed by atoms with Crippen LogP contribution in [0.5, 0.6) is 17.2 Å². The molecule has 1 amide bonds. The van der Waals surface area contributed by atoms with E-state index in [4.69, 9.17) is 14.2 Å². The van der Waals surface area contributed by atoms with Crippen LogP contribution in [0.3, 0.4) is 0 Å². The summed E-state index contributed by atoms with van der Waals surface area (Å²) in [7, 11) is 4.78. The first-order chi connectivity index (χ1) is 10.7. The molecule has 122 valence electrons. The zero-order valence-electron chi connectivity index (χ0n) is 13.3. The number of methoxy groups -OCH3 is 3. The molecule has 1 fully saturated rings. The van der Waals surface area contributed by atoms with E-state index in [-0.39, 0.29) is 11.3 Å². The van der Waals surface area contributed by atoms with Gasteiger partial charge >= 0.3 is 0 Å². The molecule has 1 heterocycles. The van der Waals surface area contributed by atoms with Crippen molar-refractivity contribution in [1.29, 1.82) is 0 Å². The smallest absolute Gasteiger partial charge is 0.233 e. The first-order valence-electron chi connectivity index (χ1n) is 6.86. The third kappa shape index (κ3) is 3.41. The standard InChI is InChI=1S/C15H21NO4S2/c1-18-11-7-10(8-12(19-2)14(11)20-3)15-16(5-6-21-4)13(17)9-22-15/h7-8,15H,5-6,9H2,1-4H3. The van der Waals surface area contributed by atoms with Gasteiger partial charge in [0.05, 0.1) is 27.1 Å². The summed E-state index contributed by atoms with van der Waals surface area (Å²) < 4.78 is 16.1. The minimum atomic E-state index is -0.00615. The third-order valence-electron chi connectivity index (χ3n) is 3.48. The van der Waals surface area contributed by atoms with Gasteiger partial charge in [0.1, 0.15) is 5.37 Å². The fourth-order valence-electron chi connectivity index (χ4n) is 2.41. The maximum atomic E-state index is 12.1. The predicted octanol–water partition coefficient (Wildman–Crippen LogP) is 2.65. The number of thioether (sulfide) groups is 2. The Kier molecular flexibility index (Phi) is 6.14. The number of carbonyl (C=O) groups excluding carboxylic acids is 1. The molecular weight excluding hydrogens is 322 g/mol. The number of amides is 1. The minimum Gasteiger partial charge on any atom is -0.493 e. The summed E-state index contributed by atoms with van der Waals surface area (Å²) in [5, 5.41) is -0.00615. The van der Waals surface area contributed by atoms with Gasteiger partial charge in [-0.3, -0.25) is 4.79 Å². The van der Waals surface area contributed by atoms with Crippen LogP contribution in [-0.2, 0) is 4.79 Å². The average Bonchev–Trinajstić information content (AvgIpc) is 2.92. The molecule has 0 bridgehead atoms. The number of hydrogen-bond donors (Lipinski definition) is 0. The lowest BCUT2D eigenvalue weighted by molar-refractivity contribution is -0.127. The molecule has 0 spiro atoms. The molecule has 1 aliphatic rings. The molecule has 0 aliphatic carbocycles. The maximum Gasteiger partial charge on any atom is 0.233 e. The van der Waals surface area contributed by atoms with Crippen LogP contribution in [0.15, 0.2) is 12.1 Å². The van der Waals surface area contributed by atoms with E-state index in [0.29, 0.717) is 23.0 Å². The quantitative estimate of drug-likeness (QED) is 0.758. The summed E-state index contributed by atoms with van der Waals surface area (Å²) in [5.74, 6) is 3.41. The van der Waals surface area contributed by atoms with E-state index in [9.17, 15) is 4.79 Å². The van der Waals surface area contributed by atoms with Crippen molar-refractivity contribution in [3.8, 4) is 17.2 Å². The number of rotatable bonds is 7. The number of benzene rings is 1. The summed E-state index contributed by atoms with van der Waals surface area (Å²) in [5.41, 5.74) is 0.992. The highest BCUT2D eigenvalue weighted by atomic mass is 32.2. The zero-order chi connectivity index (χ0) is 16.1. The van der Waals surface area contributed by atoms with Crippen molar-refractivity contribution in [1.82, 2.24) is 4.90 Å². The largest absolute Gasteiger partial charge is 0.493 e. The molecule has 1 unspecified atom stereocenters. The van der Waals surface area contributed by atoms with Gasteiger partial charge in [-0.2, -0.15) is 11.8 Å². The number of ether oxygens (including phenoxy) is 3. The van der Waals surface area contributed by atoms with E-state index >= 15 is 0 Å². The van der Waals surface area contributed by atoms with Gasteiger partial charge in [0.15, 0.2) is 11.5 Å². The summed E-state index contributed by atoms with van der Waals surface area (Å²) in [6.07, 6.45) is 2.04. The van der Waals surface area contributed by atoms with Gasteiger partial charge in [-0.1, -0.05) is 0 Å². The molecule has 1 saturated heterocycles. The predicted molar refractivity (Wildman–Crippen MR) is 91.4 cm³/mol. The molecule has 5 nitrogen and oxygen atoms in total. The molecule has 2 rings (SSSR count). The molecule has 1 aromatic rings. The highest BCUT2D eigenvalue weighted by Crippen LogP contribution is 2.45. The van der Waals surface area contributed by atoms with Crippen molar-refractivity contribution < 1.29 is 19.0 Å². The van der Waals surface area contributed by atoms with Crippen LogP contribution in [-0.4, -0.2) is 56.4 Å². The second-order valence-corrected chi connectivity index (χ2v) is 6.76. The highest BCUT2D eigenvalue weighted by Gasteiger charge is 2.33. The van der Waals surface area contributed by atoms with Crippen molar-refractivity contribution in [2.45, 2.75) is 5.37 Å². The van der Waals surface area contributed by atoms with Crippen LogP contribution in [0.1, 0.15) is 10.9 Å².